The van der Waals surface area contributed by atoms with Crippen molar-refractivity contribution in [3.05, 3.63) is 33.2 Å². The fourth-order valence-electron chi connectivity index (χ4n) is 2.38. The Hall–Kier alpha value is -0.450. The molecule has 3 rings (SSSR count). The molecule has 0 radical (unpaired) electrons. The maximum Gasteiger partial charge on any atom is 0.114 e. The van der Waals surface area contributed by atoms with Crippen molar-refractivity contribution in [2.75, 3.05) is 19.4 Å². The molecule has 92 valence electrons. The maximum atomic E-state index is 5.69. The molecule has 17 heavy (non-hydrogen) atoms. The fourth-order valence-corrected chi connectivity index (χ4v) is 4.87. The third-order valence-electron chi connectivity index (χ3n) is 3.24. The molecule has 4 heteroatoms. The normalized spacial score (nSPS) is 20.6. The Kier molecular flexibility index (Phi) is 3.45. The van der Waals surface area contributed by atoms with E-state index < -0.39 is 0 Å². The second kappa shape index (κ2) is 5.04. The number of hydrogen-bond acceptors (Lipinski definition) is 4. The Labute approximate surface area is 110 Å². The Morgan fingerprint density at radius 1 is 1.47 bits per heavy atom. The number of rotatable bonds is 3. The number of thioether (sulfide) groups is 1. The van der Waals surface area contributed by atoms with Crippen LogP contribution in [-0.2, 0) is 16.9 Å². The molecule has 1 unspecified atom stereocenters. The number of likely N-dealkylation sites (N-methyl/N-ethyl adjacent to an activating group) is 1. The summed E-state index contributed by atoms with van der Waals surface area (Å²) in [7, 11) is 2.01. The Morgan fingerprint density at radius 2 is 2.41 bits per heavy atom. The molecule has 2 nitrogen and oxygen atoms in total. The lowest BCUT2D eigenvalue weighted by atomic mass is 10.1. The highest BCUT2D eigenvalue weighted by Crippen LogP contribution is 2.37. The van der Waals surface area contributed by atoms with Gasteiger partial charge in [-0.05, 0) is 36.9 Å². The van der Waals surface area contributed by atoms with Crippen molar-refractivity contribution in [2.24, 2.45) is 0 Å². The van der Waals surface area contributed by atoms with E-state index in [1.165, 1.54) is 22.8 Å². The summed E-state index contributed by atoms with van der Waals surface area (Å²) in [5.74, 6) is 3.57. The maximum absolute atomic E-state index is 5.69. The molecule has 0 fully saturated rings. The van der Waals surface area contributed by atoms with Gasteiger partial charge in [0.2, 0.25) is 0 Å². The van der Waals surface area contributed by atoms with Gasteiger partial charge in [0.25, 0.3) is 0 Å². The Bertz CT molecular complexity index is 415. The lowest BCUT2D eigenvalue weighted by Crippen LogP contribution is -2.17. The zero-order valence-corrected chi connectivity index (χ0v) is 11.6. The molecule has 0 aromatic carbocycles. The molecular weight excluding hydrogens is 250 g/mol. The third-order valence-corrected chi connectivity index (χ3v) is 5.55. The molecule has 2 aliphatic rings. The first kappa shape index (κ1) is 11.6. The SMILES string of the molecule is CNC(C1=CCCO1)c1cc2c(s1)CCSC2. The highest BCUT2D eigenvalue weighted by Gasteiger charge is 2.23. The highest BCUT2D eigenvalue weighted by atomic mass is 32.2. The number of nitrogens with one attached hydrogen (secondary N) is 1. The largest absolute Gasteiger partial charge is 0.496 e. The lowest BCUT2D eigenvalue weighted by Gasteiger charge is -2.15. The van der Waals surface area contributed by atoms with Crippen LogP contribution in [0.1, 0.15) is 27.8 Å². The van der Waals surface area contributed by atoms with Gasteiger partial charge in [0.05, 0.1) is 12.6 Å². The van der Waals surface area contributed by atoms with Crippen LogP contribution >= 0.6 is 23.1 Å². The van der Waals surface area contributed by atoms with E-state index in [0.29, 0.717) is 0 Å². The van der Waals surface area contributed by atoms with E-state index in [9.17, 15) is 0 Å². The molecule has 0 bridgehead atoms. The zero-order chi connectivity index (χ0) is 11.7. The van der Waals surface area contributed by atoms with E-state index in [2.05, 4.69) is 17.5 Å². The third kappa shape index (κ3) is 2.26. The molecular formula is C13H17NOS2. The van der Waals surface area contributed by atoms with Crippen molar-refractivity contribution < 1.29 is 4.74 Å². The smallest absolute Gasteiger partial charge is 0.114 e. The van der Waals surface area contributed by atoms with Gasteiger partial charge in [-0.2, -0.15) is 11.8 Å². The molecule has 1 aromatic heterocycles. The van der Waals surface area contributed by atoms with Gasteiger partial charge in [-0.25, -0.2) is 0 Å². The average molecular weight is 267 g/mol. The second-order valence-electron chi connectivity index (χ2n) is 4.37. The van der Waals surface area contributed by atoms with Crippen LogP contribution in [0.5, 0.6) is 0 Å². The minimum atomic E-state index is 0.262. The minimum Gasteiger partial charge on any atom is -0.496 e. The van der Waals surface area contributed by atoms with E-state index in [4.69, 9.17) is 4.74 Å². The van der Waals surface area contributed by atoms with Gasteiger partial charge in [-0.3, -0.25) is 0 Å². The lowest BCUT2D eigenvalue weighted by molar-refractivity contribution is 0.219. The number of ether oxygens (including phenoxy) is 1. The highest BCUT2D eigenvalue weighted by molar-refractivity contribution is 7.98. The molecule has 0 amide bonds. The summed E-state index contributed by atoms with van der Waals surface area (Å²) in [6.07, 6.45) is 4.50. The summed E-state index contributed by atoms with van der Waals surface area (Å²) in [5.41, 5.74) is 1.54. The molecule has 0 aliphatic carbocycles. The van der Waals surface area contributed by atoms with Gasteiger partial charge < -0.3 is 10.1 Å². The Morgan fingerprint density at radius 3 is 3.12 bits per heavy atom. The van der Waals surface area contributed by atoms with Crippen LogP contribution in [0.25, 0.3) is 0 Å². The van der Waals surface area contributed by atoms with Crippen molar-refractivity contribution in [2.45, 2.75) is 24.6 Å². The van der Waals surface area contributed by atoms with Crippen LogP contribution < -0.4 is 5.32 Å². The van der Waals surface area contributed by atoms with Gasteiger partial charge >= 0.3 is 0 Å². The van der Waals surface area contributed by atoms with Crippen molar-refractivity contribution >= 4 is 23.1 Å². The van der Waals surface area contributed by atoms with E-state index in [1.54, 1.807) is 10.4 Å². The summed E-state index contributed by atoms with van der Waals surface area (Å²) in [6.45, 7) is 0.842. The van der Waals surface area contributed by atoms with Crippen molar-refractivity contribution in [1.29, 1.82) is 0 Å². The molecule has 1 aromatic rings. The van der Waals surface area contributed by atoms with Crippen LogP contribution in [-0.4, -0.2) is 19.4 Å². The van der Waals surface area contributed by atoms with Gasteiger partial charge in [0, 0.05) is 21.9 Å². The number of fused-ring (bicyclic) bond motifs is 1. The monoisotopic (exact) mass is 267 g/mol. The summed E-state index contributed by atoms with van der Waals surface area (Å²) >= 11 is 4.00. The van der Waals surface area contributed by atoms with Gasteiger partial charge in [-0.1, -0.05) is 0 Å². The standard InChI is InChI=1S/C13H17NOS2/c1-14-13(10-3-2-5-15-10)12-7-9-8-16-6-4-11(9)17-12/h3,7,13-14H,2,4-6,8H2,1H3. The quantitative estimate of drug-likeness (QED) is 0.909. The predicted molar refractivity (Wildman–Crippen MR) is 74.6 cm³/mol. The first-order chi connectivity index (χ1) is 8.38. The zero-order valence-electron chi connectivity index (χ0n) is 9.99. The van der Waals surface area contributed by atoms with Crippen molar-refractivity contribution in [3.8, 4) is 0 Å². The summed E-state index contributed by atoms with van der Waals surface area (Å²) < 4.78 is 5.69. The van der Waals surface area contributed by atoms with Crippen LogP contribution in [0.4, 0.5) is 0 Å². The predicted octanol–water partition coefficient (Wildman–Crippen LogP) is 3.10. The van der Waals surface area contributed by atoms with Crippen LogP contribution in [0.3, 0.4) is 0 Å². The minimum absolute atomic E-state index is 0.262. The molecule has 1 N–H and O–H groups in total. The number of aryl methyl sites for hydroxylation is 1. The topological polar surface area (TPSA) is 21.3 Å². The molecule has 1 atom stereocenters. The first-order valence-electron chi connectivity index (χ1n) is 6.08. The van der Waals surface area contributed by atoms with E-state index in [-0.39, 0.29) is 6.04 Å². The second-order valence-corrected chi connectivity index (χ2v) is 6.64. The summed E-state index contributed by atoms with van der Waals surface area (Å²) in [5, 5.41) is 3.38. The van der Waals surface area contributed by atoms with E-state index >= 15 is 0 Å². The van der Waals surface area contributed by atoms with E-state index in [1.807, 2.05) is 30.1 Å². The van der Waals surface area contributed by atoms with Crippen LogP contribution in [0, 0.1) is 0 Å². The Balaban J connectivity index is 1.88. The molecule has 0 saturated heterocycles. The summed E-state index contributed by atoms with van der Waals surface area (Å²) in [4.78, 5) is 2.99. The first-order valence-corrected chi connectivity index (χ1v) is 8.05. The van der Waals surface area contributed by atoms with E-state index in [0.717, 1.165) is 18.8 Å². The van der Waals surface area contributed by atoms with Crippen molar-refractivity contribution in [3.63, 3.8) is 0 Å². The number of hydrogen-bond donors (Lipinski definition) is 1. The average Bonchev–Trinajstić information content (AvgIpc) is 2.98. The van der Waals surface area contributed by atoms with Crippen LogP contribution in [0.15, 0.2) is 17.9 Å². The van der Waals surface area contributed by atoms with Crippen LogP contribution in [0.2, 0.25) is 0 Å². The van der Waals surface area contributed by atoms with Gasteiger partial charge in [0.15, 0.2) is 0 Å². The fraction of sp³-hybridized carbons (Fsp3) is 0.538. The molecule has 0 saturated carbocycles. The number of thiophene rings is 1. The van der Waals surface area contributed by atoms with Crippen molar-refractivity contribution in [1.82, 2.24) is 5.32 Å². The van der Waals surface area contributed by atoms with Gasteiger partial charge in [0.1, 0.15) is 5.76 Å². The summed E-state index contributed by atoms with van der Waals surface area (Å²) in [6, 6.07) is 2.63. The molecule has 2 aliphatic heterocycles. The van der Waals surface area contributed by atoms with Gasteiger partial charge in [-0.15, -0.1) is 11.3 Å². The molecule has 3 heterocycles. The molecule has 0 spiro atoms.